The van der Waals surface area contributed by atoms with Crippen molar-refractivity contribution < 1.29 is 4.74 Å². The Bertz CT molecular complexity index is 584. The number of halogens is 1. The standard InChI is InChI=1S/C19H31N5OS.HI/c1-14-12-24(13-15(2)25-14)18-7-6-16(9-21-18)10-22-19(20-3)23-11-17-5-4-8-26-17;/h6-7,9,14-15,17H,4-5,8,10-13H2,1-3H3,(H2,20,22,23);1H. The van der Waals surface area contributed by atoms with Crippen molar-refractivity contribution in [3.05, 3.63) is 23.9 Å². The van der Waals surface area contributed by atoms with Gasteiger partial charge < -0.3 is 20.3 Å². The summed E-state index contributed by atoms with van der Waals surface area (Å²) >= 11 is 2.06. The Labute approximate surface area is 184 Å². The summed E-state index contributed by atoms with van der Waals surface area (Å²) in [5, 5.41) is 7.52. The van der Waals surface area contributed by atoms with Crippen molar-refractivity contribution in [3.63, 3.8) is 0 Å². The molecule has 2 aliphatic rings. The van der Waals surface area contributed by atoms with Crippen LogP contribution in [0.1, 0.15) is 32.3 Å². The Morgan fingerprint density at radius 2 is 2.07 bits per heavy atom. The van der Waals surface area contributed by atoms with Crippen LogP contribution in [0.2, 0.25) is 0 Å². The quantitative estimate of drug-likeness (QED) is 0.365. The number of guanidine groups is 1. The summed E-state index contributed by atoms with van der Waals surface area (Å²) in [6.07, 6.45) is 5.08. The van der Waals surface area contributed by atoms with E-state index in [-0.39, 0.29) is 36.2 Å². The fourth-order valence-electron chi connectivity index (χ4n) is 3.50. The Balaban J connectivity index is 0.00000261. The molecule has 3 atom stereocenters. The van der Waals surface area contributed by atoms with Gasteiger partial charge in [0.2, 0.25) is 0 Å². The van der Waals surface area contributed by atoms with Crippen molar-refractivity contribution in [3.8, 4) is 0 Å². The number of anilines is 1. The lowest BCUT2D eigenvalue weighted by Gasteiger charge is -2.36. The lowest BCUT2D eigenvalue weighted by molar-refractivity contribution is -0.00545. The van der Waals surface area contributed by atoms with Crippen LogP contribution < -0.4 is 15.5 Å². The van der Waals surface area contributed by atoms with Crippen LogP contribution in [0.3, 0.4) is 0 Å². The van der Waals surface area contributed by atoms with Crippen LogP contribution >= 0.6 is 35.7 Å². The zero-order valence-electron chi connectivity index (χ0n) is 16.5. The number of ether oxygens (including phenoxy) is 1. The average molecular weight is 505 g/mol. The Kier molecular flexibility index (Phi) is 9.44. The maximum absolute atomic E-state index is 5.80. The van der Waals surface area contributed by atoms with Crippen LogP contribution in [0.5, 0.6) is 0 Å². The molecule has 0 saturated carbocycles. The monoisotopic (exact) mass is 505 g/mol. The number of aliphatic imine (C=N–C) groups is 1. The number of morpholine rings is 1. The lowest BCUT2D eigenvalue weighted by Crippen LogP contribution is -2.45. The number of pyridine rings is 1. The number of hydrogen-bond donors (Lipinski definition) is 2. The van der Waals surface area contributed by atoms with Gasteiger partial charge in [-0.15, -0.1) is 24.0 Å². The number of nitrogens with one attached hydrogen (secondary N) is 2. The van der Waals surface area contributed by atoms with E-state index in [2.05, 4.69) is 63.3 Å². The number of thioether (sulfide) groups is 1. The molecule has 0 aliphatic carbocycles. The van der Waals surface area contributed by atoms with Gasteiger partial charge in [-0.25, -0.2) is 4.98 Å². The fraction of sp³-hybridized carbons (Fsp3) is 0.684. The third-order valence-corrected chi connectivity index (χ3v) is 6.16. The Hall–Kier alpha value is -0.740. The second-order valence-electron chi connectivity index (χ2n) is 7.13. The van der Waals surface area contributed by atoms with E-state index in [0.29, 0.717) is 5.25 Å². The number of aromatic nitrogens is 1. The molecule has 0 amide bonds. The van der Waals surface area contributed by atoms with Crippen molar-refractivity contribution >= 4 is 47.5 Å². The highest BCUT2D eigenvalue weighted by Crippen LogP contribution is 2.25. The lowest BCUT2D eigenvalue weighted by atomic mass is 10.2. The largest absolute Gasteiger partial charge is 0.372 e. The normalized spacial score (nSPS) is 25.8. The molecule has 1 aromatic rings. The van der Waals surface area contributed by atoms with Crippen LogP contribution in [-0.4, -0.2) is 60.8 Å². The van der Waals surface area contributed by atoms with Gasteiger partial charge in [-0.2, -0.15) is 11.8 Å². The van der Waals surface area contributed by atoms with Gasteiger partial charge in [-0.1, -0.05) is 6.07 Å². The second kappa shape index (κ2) is 11.3. The second-order valence-corrected chi connectivity index (χ2v) is 8.54. The van der Waals surface area contributed by atoms with Crippen molar-refractivity contribution in [2.75, 3.05) is 37.3 Å². The maximum atomic E-state index is 5.80. The molecule has 6 nitrogen and oxygen atoms in total. The molecule has 152 valence electrons. The van der Waals surface area contributed by atoms with E-state index in [4.69, 9.17) is 4.74 Å². The van der Waals surface area contributed by atoms with E-state index in [0.717, 1.165) is 43.5 Å². The molecule has 2 aliphatic heterocycles. The molecule has 3 heterocycles. The highest BCUT2D eigenvalue weighted by molar-refractivity contribution is 14.0. The molecule has 0 radical (unpaired) electrons. The molecule has 2 N–H and O–H groups in total. The van der Waals surface area contributed by atoms with E-state index >= 15 is 0 Å². The van der Waals surface area contributed by atoms with Crippen molar-refractivity contribution in [2.45, 2.75) is 50.7 Å². The molecule has 3 unspecified atom stereocenters. The summed E-state index contributed by atoms with van der Waals surface area (Å²) in [4.78, 5) is 11.3. The van der Waals surface area contributed by atoms with Gasteiger partial charge in [0, 0.05) is 44.7 Å². The SMILES string of the molecule is CN=C(NCc1ccc(N2CC(C)OC(C)C2)nc1)NCC1CCCS1.I. The zero-order valence-corrected chi connectivity index (χ0v) is 19.6. The van der Waals surface area contributed by atoms with Gasteiger partial charge in [0.1, 0.15) is 5.82 Å². The highest BCUT2D eigenvalue weighted by atomic mass is 127. The third kappa shape index (κ3) is 6.98. The van der Waals surface area contributed by atoms with Crippen LogP contribution in [0.15, 0.2) is 23.3 Å². The minimum atomic E-state index is 0. The first kappa shape index (κ1) is 22.5. The van der Waals surface area contributed by atoms with Crippen molar-refractivity contribution in [1.82, 2.24) is 15.6 Å². The first-order valence-electron chi connectivity index (χ1n) is 9.55. The van der Waals surface area contributed by atoms with Gasteiger partial charge in [0.05, 0.1) is 12.2 Å². The molecule has 1 aromatic heterocycles. The van der Waals surface area contributed by atoms with Gasteiger partial charge in [0.15, 0.2) is 5.96 Å². The predicted molar refractivity (Wildman–Crippen MR) is 126 cm³/mol. The van der Waals surface area contributed by atoms with E-state index in [1.54, 1.807) is 0 Å². The molecule has 0 spiro atoms. The summed E-state index contributed by atoms with van der Waals surface area (Å²) in [6, 6.07) is 4.24. The average Bonchev–Trinajstić information content (AvgIpc) is 3.15. The van der Waals surface area contributed by atoms with E-state index in [1.807, 2.05) is 13.2 Å². The summed E-state index contributed by atoms with van der Waals surface area (Å²) < 4.78 is 5.80. The number of hydrogen-bond acceptors (Lipinski definition) is 5. The van der Waals surface area contributed by atoms with Crippen LogP contribution in [0.25, 0.3) is 0 Å². The fourth-order valence-corrected chi connectivity index (χ4v) is 4.70. The third-order valence-electron chi connectivity index (χ3n) is 4.76. The van der Waals surface area contributed by atoms with Crippen molar-refractivity contribution in [1.29, 1.82) is 0 Å². The van der Waals surface area contributed by atoms with Gasteiger partial charge >= 0.3 is 0 Å². The molecule has 27 heavy (non-hydrogen) atoms. The van der Waals surface area contributed by atoms with Crippen LogP contribution in [0.4, 0.5) is 5.82 Å². The molecule has 3 rings (SSSR count). The first-order valence-corrected chi connectivity index (χ1v) is 10.6. The summed E-state index contributed by atoms with van der Waals surface area (Å²) in [7, 11) is 1.82. The van der Waals surface area contributed by atoms with E-state index in [1.165, 1.54) is 18.6 Å². The number of rotatable bonds is 5. The summed E-state index contributed by atoms with van der Waals surface area (Å²) in [6.45, 7) is 7.72. The first-order chi connectivity index (χ1) is 12.6. The highest BCUT2D eigenvalue weighted by Gasteiger charge is 2.23. The zero-order chi connectivity index (χ0) is 18.4. The topological polar surface area (TPSA) is 61.8 Å². The molecular weight excluding hydrogens is 473 g/mol. The van der Waals surface area contributed by atoms with Crippen molar-refractivity contribution in [2.24, 2.45) is 4.99 Å². The molecule has 0 aromatic carbocycles. The molecular formula is C19H32IN5OS. The van der Waals surface area contributed by atoms with Gasteiger partial charge in [-0.3, -0.25) is 4.99 Å². The smallest absolute Gasteiger partial charge is 0.191 e. The maximum Gasteiger partial charge on any atom is 0.191 e. The van der Waals surface area contributed by atoms with E-state index in [9.17, 15) is 0 Å². The van der Waals surface area contributed by atoms with Crippen LogP contribution in [0, 0.1) is 0 Å². The summed E-state index contributed by atoms with van der Waals surface area (Å²) in [5.74, 6) is 3.17. The number of nitrogens with zero attached hydrogens (tertiary/aromatic N) is 3. The van der Waals surface area contributed by atoms with Gasteiger partial charge in [0.25, 0.3) is 0 Å². The summed E-state index contributed by atoms with van der Waals surface area (Å²) in [5.41, 5.74) is 1.15. The minimum Gasteiger partial charge on any atom is -0.372 e. The predicted octanol–water partition coefficient (Wildman–Crippen LogP) is 2.87. The Morgan fingerprint density at radius 3 is 2.67 bits per heavy atom. The van der Waals surface area contributed by atoms with Gasteiger partial charge in [-0.05, 0) is 44.1 Å². The molecule has 2 saturated heterocycles. The molecule has 8 heteroatoms. The van der Waals surface area contributed by atoms with E-state index < -0.39 is 0 Å². The molecule has 2 fully saturated rings. The molecule has 0 bridgehead atoms. The Morgan fingerprint density at radius 1 is 1.30 bits per heavy atom. The van der Waals surface area contributed by atoms with Crippen LogP contribution in [-0.2, 0) is 11.3 Å². The minimum absolute atomic E-state index is 0.